The van der Waals surface area contributed by atoms with E-state index in [9.17, 15) is 0 Å². The van der Waals surface area contributed by atoms with Crippen LogP contribution in [0.2, 0.25) is 0 Å². The van der Waals surface area contributed by atoms with Gasteiger partial charge in [-0.2, -0.15) is 0 Å². The second-order valence-corrected chi connectivity index (χ2v) is 6.20. The molecule has 15 heavy (non-hydrogen) atoms. The molecule has 1 heteroatoms. The molecule has 90 valence electrons. The van der Waals surface area contributed by atoms with Crippen LogP contribution in [0.1, 0.15) is 60.3 Å². The number of rotatable bonds is 6. The van der Waals surface area contributed by atoms with Crippen molar-refractivity contribution >= 4 is 0 Å². The van der Waals surface area contributed by atoms with E-state index in [0.717, 1.165) is 11.8 Å². The Bertz CT molecular complexity index is 196. The van der Waals surface area contributed by atoms with E-state index in [2.05, 4.69) is 34.6 Å². The summed E-state index contributed by atoms with van der Waals surface area (Å²) in [5, 5.41) is 0. The van der Waals surface area contributed by atoms with Crippen LogP contribution in [-0.2, 0) is 0 Å². The highest BCUT2D eigenvalue weighted by molar-refractivity contribution is 4.96. The monoisotopic (exact) mass is 211 g/mol. The molecular formula is C14H29N. The highest BCUT2D eigenvalue weighted by atomic mass is 14.7. The third-order valence-electron chi connectivity index (χ3n) is 4.78. The minimum atomic E-state index is 0.379. The van der Waals surface area contributed by atoms with E-state index in [1.54, 1.807) is 0 Å². The van der Waals surface area contributed by atoms with Gasteiger partial charge in [0.2, 0.25) is 0 Å². The molecule has 1 aliphatic rings. The molecule has 0 bridgehead atoms. The van der Waals surface area contributed by atoms with Crippen molar-refractivity contribution in [2.75, 3.05) is 0 Å². The van der Waals surface area contributed by atoms with Crippen molar-refractivity contribution < 1.29 is 0 Å². The van der Waals surface area contributed by atoms with Crippen molar-refractivity contribution in [3.05, 3.63) is 0 Å². The molecule has 1 rings (SSSR count). The summed E-state index contributed by atoms with van der Waals surface area (Å²) in [6, 6.07) is 0.379. The molecule has 1 saturated carbocycles. The van der Waals surface area contributed by atoms with Crippen LogP contribution in [0.3, 0.4) is 0 Å². The van der Waals surface area contributed by atoms with Gasteiger partial charge in [-0.15, -0.1) is 0 Å². The van der Waals surface area contributed by atoms with E-state index >= 15 is 0 Å². The lowest BCUT2D eigenvalue weighted by Crippen LogP contribution is -2.38. The minimum Gasteiger partial charge on any atom is -0.327 e. The summed E-state index contributed by atoms with van der Waals surface area (Å²) in [7, 11) is 0. The Morgan fingerprint density at radius 2 is 1.80 bits per heavy atom. The molecule has 1 nitrogen and oxygen atoms in total. The van der Waals surface area contributed by atoms with Crippen molar-refractivity contribution in [2.24, 2.45) is 28.9 Å². The van der Waals surface area contributed by atoms with Gasteiger partial charge < -0.3 is 5.73 Å². The SMILES string of the molecule is CCC(C)C(C)(CC(N)C(C)C)C1CC1. The summed E-state index contributed by atoms with van der Waals surface area (Å²) in [4.78, 5) is 0. The Balaban J connectivity index is 2.64. The number of nitrogens with two attached hydrogens (primary N) is 1. The van der Waals surface area contributed by atoms with Gasteiger partial charge in [-0.05, 0) is 42.4 Å². The lowest BCUT2D eigenvalue weighted by Gasteiger charge is -2.39. The standard InChI is InChI=1S/C14H29N/c1-6-11(4)14(5,12-7-8-12)9-13(15)10(2)3/h10-13H,6-9,15H2,1-5H3. The molecule has 0 aromatic heterocycles. The maximum absolute atomic E-state index is 6.26. The van der Waals surface area contributed by atoms with E-state index in [0.29, 0.717) is 17.4 Å². The summed E-state index contributed by atoms with van der Waals surface area (Å²) < 4.78 is 0. The average molecular weight is 211 g/mol. The Labute approximate surface area is 95.8 Å². The summed E-state index contributed by atoms with van der Waals surface area (Å²) in [6.45, 7) is 11.7. The molecule has 1 fully saturated rings. The van der Waals surface area contributed by atoms with Crippen LogP contribution in [0.15, 0.2) is 0 Å². The lowest BCUT2D eigenvalue weighted by atomic mass is 9.68. The average Bonchev–Trinajstić information content (AvgIpc) is 2.99. The van der Waals surface area contributed by atoms with Crippen molar-refractivity contribution in [1.82, 2.24) is 0 Å². The van der Waals surface area contributed by atoms with Gasteiger partial charge >= 0.3 is 0 Å². The highest BCUT2D eigenvalue weighted by Gasteiger charge is 2.45. The molecule has 0 heterocycles. The Kier molecular flexibility index (Phi) is 4.22. The van der Waals surface area contributed by atoms with Gasteiger partial charge in [-0.3, -0.25) is 0 Å². The van der Waals surface area contributed by atoms with Gasteiger partial charge in [-0.25, -0.2) is 0 Å². The first-order valence-corrected chi connectivity index (χ1v) is 6.67. The molecule has 0 radical (unpaired) electrons. The van der Waals surface area contributed by atoms with E-state index < -0.39 is 0 Å². The maximum Gasteiger partial charge on any atom is 0.00672 e. The van der Waals surface area contributed by atoms with Crippen LogP contribution < -0.4 is 5.73 Å². The van der Waals surface area contributed by atoms with Gasteiger partial charge in [-0.1, -0.05) is 41.0 Å². The third-order valence-corrected chi connectivity index (χ3v) is 4.78. The van der Waals surface area contributed by atoms with Crippen molar-refractivity contribution in [3.63, 3.8) is 0 Å². The second-order valence-electron chi connectivity index (χ2n) is 6.20. The van der Waals surface area contributed by atoms with Crippen LogP contribution in [0, 0.1) is 23.2 Å². The molecule has 3 unspecified atom stereocenters. The van der Waals surface area contributed by atoms with E-state index in [-0.39, 0.29) is 0 Å². The maximum atomic E-state index is 6.26. The molecule has 0 aliphatic heterocycles. The molecule has 1 aliphatic carbocycles. The smallest absolute Gasteiger partial charge is 0.00672 e. The van der Waals surface area contributed by atoms with E-state index in [4.69, 9.17) is 5.73 Å². The summed E-state index contributed by atoms with van der Waals surface area (Å²) in [5.74, 6) is 2.39. The molecule has 2 N–H and O–H groups in total. The van der Waals surface area contributed by atoms with Gasteiger partial charge in [0.1, 0.15) is 0 Å². The minimum absolute atomic E-state index is 0.379. The predicted octanol–water partition coefficient (Wildman–Crippen LogP) is 3.82. The Morgan fingerprint density at radius 3 is 2.13 bits per heavy atom. The summed E-state index contributed by atoms with van der Waals surface area (Å²) >= 11 is 0. The fraction of sp³-hybridized carbons (Fsp3) is 1.00. The zero-order chi connectivity index (χ0) is 11.6. The van der Waals surface area contributed by atoms with E-state index in [1.807, 2.05) is 0 Å². The lowest BCUT2D eigenvalue weighted by molar-refractivity contribution is 0.122. The fourth-order valence-electron chi connectivity index (χ4n) is 2.72. The molecule has 3 atom stereocenters. The molecule has 0 amide bonds. The third kappa shape index (κ3) is 2.96. The number of hydrogen-bond acceptors (Lipinski definition) is 1. The van der Waals surface area contributed by atoms with Crippen LogP contribution in [0.5, 0.6) is 0 Å². The normalized spacial score (nSPS) is 25.0. The largest absolute Gasteiger partial charge is 0.327 e. The second kappa shape index (κ2) is 4.86. The molecule has 0 saturated heterocycles. The summed E-state index contributed by atoms with van der Waals surface area (Å²) in [5.41, 5.74) is 6.76. The molecule has 0 aromatic carbocycles. The van der Waals surface area contributed by atoms with Gasteiger partial charge in [0.25, 0.3) is 0 Å². The van der Waals surface area contributed by atoms with Gasteiger partial charge in [0.05, 0.1) is 0 Å². The first-order valence-electron chi connectivity index (χ1n) is 6.67. The van der Waals surface area contributed by atoms with E-state index in [1.165, 1.54) is 25.7 Å². The van der Waals surface area contributed by atoms with Crippen LogP contribution in [0.25, 0.3) is 0 Å². The quantitative estimate of drug-likeness (QED) is 0.710. The van der Waals surface area contributed by atoms with Gasteiger partial charge in [0.15, 0.2) is 0 Å². The Hall–Kier alpha value is -0.0400. The van der Waals surface area contributed by atoms with Gasteiger partial charge in [0, 0.05) is 6.04 Å². The topological polar surface area (TPSA) is 26.0 Å². The highest BCUT2D eigenvalue weighted by Crippen LogP contribution is 2.53. The van der Waals surface area contributed by atoms with Crippen LogP contribution in [-0.4, -0.2) is 6.04 Å². The zero-order valence-corrected chi connectivity index (χ0v) is 11.2. The predicted molar refractivity (Wildman–Crippen MR) is 67.7 cm³/mol. The zero-order valence-electron chi connectivity index (χ0n) is 11.2. The van der Waals surface area contributed by atoms with Crippen molar-refractivity contribution in [3.8, 4) is 0 Å². The van der Waals surface area contributed by atoms with Crippen molar-refractivity contribution in [2.45, 2.75) is 66.3 Å². The molecule has 0 spiro atoms. The first kappa shape index (κ1) is 13.0. The summed E-state index contributed by atoms with van der Waals surface area (Å²) in [6.07, 6.45) is 5.37. The molecular weight excluding hydrogens is 182 g/mol. The Morgan fingerprint density at radius 1 is 1.27 bits per heavy atom. The molecule has 0 aromatic rings. The van der Waals surface area contributed by atoms with Crippen LogP contribution >= 0.6 is 0 Å². The number of hydrogen-bond donors (Lipinski definition) is 1. The first-order chi connectivity index (χ1) is 6.91. The fourth-order valence-corrected chi connectivity index (χ4v) is 2.72. The van der Waals surface area contributed by atoms with Crippen molar-refractivity contribution in [1.29, 1.82) is 0 Å². The van der Waals surface area contributed by atoms with Crippen LogP contribution in [0.4, 0.5) is 0 Å².